The van der Waals surface area contributed by atoms with E-state index >= 15 is 0 Å². The van der Waals surface area contributed by atoms with Gasteiger partial charge in [0.25, 0.3) is 0 Å². The van der Waals surface area contributed by atoms with E-state index in [2.05, 4.69) is 73.1 Å². The van der Waals surface area contributed by atoms with Gasteiger partial charge in [-0.1, -0.05) is 37.3 Å². The standard InChI is InChI=1S/C24H27N3S/c1-16-6-7-18(13-25)9-23(16)17(2)19-10-20(22(14-26)15-27-3)12-21(11-19)24-5-4-8-28-24/h4-12,14-15,17,26-27H,13,25H2,1-3H3/b22-15+,26-14?. The Morgan fingerprint density at radius 1 is 1.21 bits per heavy atom. The van der Waals surface area contributed by atoms with Crippen molar-refractivity contribution >= 4 is 23.1 Å². The van der Waals surface area contributed by atoms with E-state index in [0.717, 1.165) is 16.7 Å². The minimum atomic E-state index is 0.228. The van der Waals surface area contributed by atoms with E-state index in [4.69, 9.17) is 11.1 Å². The molecule has 0 radical (unpaired) electrons. The fourth-order valence-corrected chi connectivity index (χ4v) is 4.20. The first kappa shape index (κ1) is 20.1. The maximum absolute atomic E-state index is 7.83. The number of rotatable bonds is 7. The first-order valence-corrected chi connectivity index (χ1v) is 10.3. The fourth-order valence-electron chi connectivity index (χ4n) is 3.48. The third kappa shape index (κ3) is 4.24. The summed E-state index contributed by atoms with van der Waals surface area (Å²) < 4.78 is 0. The molecule has 0 spiro atoms. The number of hydrogen-bond donors (Lipinski definition) is 3. The molecule has 0 saturated carbocycles. The highest BCUT2D eigenvalue weighted by Gasteiger charge is 2.15. The summed E-state index contributed by atoms with van der Waals surface area (Å²) in [6.45, 7) is 4.94. The van der Waals surface area contributed by atoms with Crippen molar-refractivity contribution in [3.05, 3.63) is 87.9 Å². The van der Waals surface area contributed by atoms with Crippen LogP contribution in [-0.4, -0.2) is 13.3 Å². The summed E-state index contributed by atoms with van der Waals surface area (Å²) in [5.41, 5.74) is 13.9. The number of aryl methyl sites for hydroxylation is 1. The maximum atomic E-state index is 7.83. The Morgan fingerprint density at radius 2 is 2.04 bits per heavy atom. The predicted octanol–water partition coefficient (Wildman–Crippen LogP) is 5.54. The van der Waals surface area contributed by atoms with Gasteiger partial charge in [-0.05, 0) is 63.9 Å². The smallest absolute Gasteiger partial charge is 0.0343 e. The van der Waals surface area contributed by atoms with Crippen molar-refractivity contribution in [3.8, 4) is 10.4 Å². The molecule has 0 aliphatic heterocycles. The third-order valence-electron chi connectivity index (χ3n) is 5.10. The largest absolute Gasteiger partial charge is 0.393 e. The second-order valence-corrected chi connectivity index (χ2v) is 7.92. The minimum Gasteiger partial charge on any atom is -0.393 e. The van der Waals surface area contributed by atoms with Gasteiger partial charge in [0.15, 0.2) is 0 Å². The first-order chi connectivity index (χ1) is 13.6. The van der Waals surface area contributed by atoms with Crippen LogP contribution in [0.3, 0.4) is 0 Å². The van der Waals surface area contributed by atoms with Crippen LogP contribution in [-0.2, 0) is 6.54 Å². The lowest BCUT2D eigenvalue weighted by molar-refractivity contribution is 0.901. The van der Waals surface area contributed by atoms with Gasteiger partial charge in [0.1, 0.15) is 0 Å². The number of nitrogens with two attached hydrogens (primary N) is 1. The molecule has 1 atom stereocenters. The number of nitrogens with one attached hydrogen (secondary N) is 2. The maximum Gasteiger partial charge on any atom is 0.0343 e. The molecule has 1 aromatic heterocycles. The molecular formula is C24H27N3S. The summed E-state index contributed by atoms with van der Waals surface area (Å²) in [7, 11) is 1.86. The van der Waals surface area contributed by atoms with Gasteiger partial charge < -0.3 is 16.5 Å². The van der Waals surface area contributed by atoms with Gasteiger partial charge in [0.05, 0.1) is 0 Å². The highest BCUT2D eigenvalue weighted by molar-refractivity contribution is 7.13. The summed E-state index contributed by atoms with van der Waals surface area (Å²) in [6, 6.07) is 17.3. The van der Waals surface area contributed by atoms with Crippen LogP contribution in [0.5, 0.6) is 0 Å². The Hall–Kier alpha value is -2.69. The van der Waals surface area contributed by atoms with Crippen LogP contribution in [0.25, 0.3) is 16.0 Å². The predicted molar refractivity (Wildman–Crippen MR) is 122 cm³/mol. The quantitative estimate of drug-likeness (QED) is 0.464. The average molecular weight is 390 g/mol. The minimum absolute atomic E-state index is 0.228. The summed E-state index contributed by atoms with van der Waals surface area (Å²) in [4.78, 5) is 1.23. The summed E-state index contributed by atoms with van der Waals surface area (Å²) in [6.07, 6.45) is 3.27. The Kier molecular flexibility index (Phi) is 6.45. The zero-order valence-electron chi connectivity index (χ0n) is 16.6. The van der Waals surface area contributed by atoms with Crippen LogP contribution in [0.4, 0.5) is 0 Å². The molecule has 3 rings (SSSR count). The molecule has 3 nitrogen and oxygen atoms in total. The summed E-state index contributed by atoms with van der Waals surface area (Å²) in [5, 5.41) is 13.0. The van der Waals surface area contributed by atoms with Crippen molar-refractivity contribution < 1.29 is 0 Å². The van der Waals surface area contributed by atoms with Gasteiger partial charge in [-0.2, -0.15) is 0 Å². The molecule has 1 unspecified atom stereocenters. The molecular weight excluding hydrogens is 362 g/mol. The van der Waals surface area contributed by atoms with Crippen LogP contribution >= 0.6 is 11.3 Å². The zero-order valence-corrected chi connectivity index (χ0v) is 17.4. The van der Waals surface area contributed by atoms with Crippen LogP contribution < -0.4 is 11.1 Å². The van der Waals surface area contributed by atoms with Gasteiger partial charge in [0.2, 0.25) is 0 Å². The fraction of sp³-hybridized carbons (Fsp3) is 0.208. The van der Waals surface area contributed by atoms with Crippen molar-refractivity contribution in [1.29, 1.82) is 5.41 Å². The van der Waals surface area contributed by atoms with E-state index in [-0.39, 0.29) is 5.92 Å². The summed E-state index contributed by atoms with van der Waals surface area (Å²) in [5.74, 6) is 0.228. The number of allylic oxidation sites excluding steroid dienone is 1. The Morgan fingerprint density at radius 3 is 2.68 bits per heavy atom. The topological polar surface area (TPSA) is 61.9 Å². The highest BCUT2D eigenvalue weighted by Crippen LogP contribution is 2.34. The lowest BCUT2D eigenvalue weighted by atomic mass is 9.86. The van der Waals surface area contributed by atoms with Crippen molar-refractivity contribution in [2.24, 2.45) is 5.73 Å². The lowest BCUT2D eigenvalue weighted by Crippen LogP contribution is -2.04. The van der Waals surface area contributed by atoms with E-state index in [1.807, 2.05) is 13.2 Å². The second-order valence-electron chi connectivity index (χ2n) is 6.97. The lowest BCUT2D eigenvalue weighted by Gasteiger charge is -2.19. The molecule has 0 fully saturated rings. The number of hydrogen-bond acceptors (Lipinski definition) is 4. The Labute approximate surface area is 171 Å². The molecule has 0 amide bonds. The van der Waals surface area contributed by atoms with Gasteiger partial charge >= 0.3 is 0 Å². The van der Waals surface area contributed by atoms with Crippen LogP contribution in [0.15, 0.2) is 60.1 Å². The van der Waals surface area contributed by atoms with Crippen molar-refractivity contribution in [1.82, 2.24) is 5.32 Å². The SMILES string of the molecule is CN/C=C(\C=N)c1cc(-c2cccs2)cc(C(C)c2cc(CN)ccc2C)c1. The van der Waals surface area contributed by atoms with Gasteiger partial charge in [0, 0.05) is 42.4 Å². The molecule has 0 bridgehead atoms. The molecule has 0 saturated heterocycles. The van der Waals surface area contributed by atoms with E-state index in [1.165, 1.54) is 33.3 Å². The molecule has 144 valence electrons. The molecule has 0 aliphatic rings. The van der Waals surface area contributed by atoms with Crippen molar-refractivity contribution in [2.45, 2.75) is 26.3 Å². The van der Waals surface area contributed by atoms with Crippen molar-refractivity contribution in [3.63, 3.8) is 0 Å². The molecule has 4 heteroatoms. The van der Waals surface area contributed by atoms with Gasteiger partial charge in [-0.25, -0.2) is 0 Å². The zero-order chi connectivity index (χ0) is 20.1. The van der Waals surface area contributed by atoms with Crippen LogP contribution in [0.2, 0.25) is 0 Å². The van der Waals surface area contributed by atoms with Gasteiger partial charge in [-0.15, -0.1) is 11.3 Å². The van der Waals surface area contributed by atoms with E-state index < -0.39 is 0 Å². The molecule has 4 N–H and O–H groups in total. The first-order valence-electron chi connectivity index (χ1n) is 9.44. The highest BCUT2D eigenvalue weighted by atomic mass is 32.1. The average Bonchev–Trinajstić information content (AvgIpc) is 3.26. The Balaban J connectivity index is 2.15. The summed E-state index contributed by atoms with van der Waals surface area (Å²) >= 11 is 1.73. The molecule has 3 aromatic rings. The molecule has 0 aliphatic carbocycles. The normalized spacial score (nSPS) is 12.6. The number of benzene rings is 2. The van der Waals surface area contributed by atoms with E-state index in [0.29, 0.717) is 6.54 Å². The number of thiophene rings is 1. The molecule has 28 heavy (non-hydrogen) atoms. The van der Waals surface area contributed by atoms with E-state index in [9.17, 15) is 0 Å². The Bertz CT molecular complexity index is 987. The van der Waals surface area contributed by atoms with Crippen LogP contribution in [0, 0.1) is 12.3 Å². The monoisotopic (exact) mass is 389 g/mol. The second kappa shape index (κ2) is 9.00. The molecule has 2 aromatic carbocycles. The van der Waals surface area contributed by atoms with E-state index in [1.54, 1.807) is 11.3 Å². The van der Waals surface area contributed by atoms with Gasteiger partial charge in [-0.3, -0.25) is 0 Å². The van der Waals surface area contributed by atoms with Crippen molar-refractivity contribution in [2.75, 3.05) is 7.05 Å². The molecule has 1 heterocycles. The third-order valence-corrected chi connectivity index (χ3v) is 6.01. The van der Waals surface area contributed by atoms with Crippen LogP contribution in [0.1, 0.15) is 40.7 Å².